The molecule has 148 valence electrons. The van der Waals surface area contributed by atoms with Crippen molar-refractivity contribution in [1.29, 1.82) is 5.26 Å². The van der Waals surface area contributed by atoms with E-state index in [-0.39, 0.29) is 0 Å². The molecule has 0 radical (unpaired) electrons. The number of nitrogens with zero attached hydrogens (tertiary/aromatic N) is 5. The average Bonchev–Trinajstić information content (AvgIpc) is 3.29. The Balaban J connectivity index is 1.57. The number of hydrogen-bond donors (Lipinski definition) is 1. The summed E-state index contributed by atoms with van der Waals surface area (Å²) in [6.45, 7) is 4.16. The van der Waals surface area contributed by atoms with Gasteiger partial charge in [0.25, 0.3) is 0 Å². The first-order valence-corrected chi connectivity index (χ1v) is 10.1. The Morgan fingerprint density at radius 1 is 0.967 bits per heavy atom. The number of benzene rings is 2. The van der Waals surface area contributed by atoms with E-state index in [0.717, 1.165) is 59.5 Å². The number of pyridine rings is 1. The Morgan fingerprint density at radius 2 is 1.73 bits per heavy atom. The minimum atomic E-state index is 0.647. The molecule has 2 aromatic heterocycles. The van der Waals surface area contributed by atoms with Crippen LogP contribution in [0.1, 0.15) is 5.56 Å². The van der Waals surface area contributed by atoms with Crippen molar-refractivity contribution in [2.45, 2.75) is 0 Å². The highest BCUT2D eigenvalue weighted by molar-refractivity contribution is 5.96. The van der Waals surface area contributed by atoms with Gasteiger partial charge >= 0.3 is 0 Å². The van der Waals surface area contributed by atoms with Gasteiger partial charge in [-0.25, -0.2) is 0 Å². The number of piperazine rings is 1. The fraction of sp³-hybridized carbons (Fsp3) is 0.208. The Hall–Kier alpha value is -3.69. The molecule has 1 aliphatic heterocycles. The van der Waals surface area contributed by atoms with E-state index < -0.39 is 0 Å². The first-order chi connectivity index (χ1) is 14.7. The summed E-state index contributed by atoms with van der Waals surface area (Å²) in [6, 6.07) is 18.2. The molecule has 0 bridgehead atoms. The van der Waals surface area contributed by atoms with Gasteiger partial charge in [-0.3, -0.25) is 10.1 Å². The first kappa shape index (κ1) is 18.3. The highest BCUT2D eigenvalue weighted by Crippen LogP contribution is 2.34. The number of likely N-dealkylation sites (N-methyl/N-ethyl adjacent to an activating group) is 1. The summed E-state index contributed by atoms with van der Waals surface area (Å²) in [6.07, 6.45) is 3.76. The van der Waals surface area contributed by atoms with Gasteiger partial charge in [0.1, 0.15) is 0 Å². The van der Waals surface area contributed by atoms with Crippen molar-refractivity contribution in [2.24, 2.45) is 0 Å². The number of hydrogen-bond acceptors (Lipinski definition) is 5. The van der Waals surface area contributed by atoms with Gasteiger partial charge in [0.2, 0.25) is 0 Å². The Morgan fingerprint density at radius 3 is 2.50 bits per heavy atom. The molecule has 1 fully saturated rings. The lowest BCUT2D eigenvalue weighted by molar-refractivity contribution is 0.313. The summed E-state index contributed by atoms with van der Waals surface area (Å²) in [7, 11) is 2.17. The number of rotatable bonds is 3. The maximum absolute atomic E-state index is 9.06. The average molecular weight is 394 g/mol. The summed E-state index contributed by atoms with van der Waals surface area (Å²) < 4.78 is 0. The van der Waals surface area contributed by atoms with Crippen LogP contribution in [0.4, 0.5) is 5.69 Å². The van der Waals surface area contributed by atoms with Crippen LogP contribution in [-0.4, -0.2) is 53.3 Å². The van der Waals surface area contributed by atoms with Crippen LogP contribution in [0.3, 0.4) is 0 Å². The van der Waals surface area contributed by atoms with Gasteiger partial charge in [-0.15, -0.1) is 0 Å². The lowest BCUT2D eigenvalue weighted by Gasteiger charge is -2.34. The Labute approximate surface area is 175 Å². The highest BCUT2D eigenvalue weighted by atomic mass is 15.2. The van der Waals surface area contributed by atoms with E-state index in [4.69, 9.17) is 5.26 Å². The molecule has 0 unspecified atom stereocenters. The lowest BCUT2D eigenvalue weighted by Crippen LogP contribution is -2.44. The minimum Gasteiger partial charge on any atom is -0.368 e. The SMILES string of the molecule is CN1CCN(c2ccnc3ccc(-c4cn[nH]c4-c4ccc(C#N)cc4)cc23)CC1. The molecule has 5 rings (SSSR count). The van der Waals surface area contributed by atoms with Crippen LogP contribution in [-0.2, 0) is 0 Å². The molecule has 1 N–H and O–H groups in total. The third-order valence-corrected chi connectivity index (χ3v) is 5.82. The van der Waals surface area contributed by atoms with Gasteiger partial charge in [0, 0.05) is 54.6 Å². The monoisotopic (exact) mass is 394 g/mol. The van der Waals surface area contributed by atoms with E-state index in [1.54, 1.807) is 0 Å². The predicted molar refractivity (Wildman–Crippen MR) is 119 cm³/mol. The molecular weight excluding hydrogens is 372 g/mol. The molecule has 6 nitrogen and oxygen atoms in total. The lowest BCUT2D eigenvalue weighted by atomic mass is 9.99. The van der Waals surface area contributed by atoms with Crippen LogP contribution < -0.4 is 4.90 Å². The van der Waals surface area contributed by atoms with Crippen molar-refractivity contribution in [1.82, 2.24) is 20.1 Å². The molecule has 1 saturated heterocycles. The van der Waals surface area contributed by atoms with Crippen LogP contribution in [0.15, 0.2) is 60.9 Å². The molecule has 0 spiro atoms. The number of fused-ring (bicyclic) bond motifs is 1. The van der Waals surface area contributed by atoms with Crippen molar-refractivity contribution in [3.8, 4) is 28.5 Å². The molecule has 2 aromatic carbocycles. The van der Waals surface area contributed by atoms with E-state index in [1.807, 2.05) is 36.7 Å². The van der Waals surface area contributed by atoms with Crippen LogP contribution in [0.25, 0.3) is 33.3 Å². The molecule has 4 aromatic rings. The second kappa shape index (κ2) is 7.62. The molecule has 30 heavy (non-hydrogen) atoms. The Bertz CT molecular complexity index is 1230. The molecular formula is C24H22N6. The minimum absolute atomic E-state index is 0.647. The van der Waals surface area contributed by atoms with E-state index in [0.29, 0.717) is 5.56 Å². The van der Waals surface area contributed by atoms with E-state index in [1.165, 1.54) is 5.69 Å². The molecule has 0 atom stereocenters. The number of anilines is 1. The van der Waals surface area contributed by atoms with Crippen molar-refractivity contribution in [3.63, 3.8) is 0 Å². The van der Waals surface area contributed by atoms with Crippen molar-refractivity contribution in [3.05, 3.63) is 66.5 Å². The number of nitrogens with one attached hydrogen (secondary N) is 1. The molecule has 0 aliphatic carbocycles. The number of aromatic nitrogens is 3. The molecule has 0 amide bonds. The molecule has 1 aliphatic rings. The summed E-state index contributed by atoms with van der Waals surface area (Å²) in [4.78, 5) is 9.39. The van der Waals surface area contributed by atoms with Gasteiger partial charge in [-0.05, 0) is 42.9 Å². The van der Waals surface area contributed by atoms with Crippen molar-refractivity contribution >= 4 is 16.6 Å². The normalized spacial score (nSPS) is 14.7. The van der Waals surface area contributed by atoms with Gasteiger partial charge in [0.05, 0.1) is 29.0 Å². The van der Waals surface area contributed by atoms with Crippen LogP contribution >= 0.6 is 0 Å². The summed E-state index contributed by atoms with van der Waals surface area (Å²) >= 11 is 0. The van der Waals surface area contributed by atoms with Gasteiger partial charge in [0.15, 0.2) is 0 Å². The summed E-state index contributed by atoms with van der Waals surface area (Å²) in [5, 5.41) is 17.6. The van der Waals surface area contributed by atoms with Crippen LogP contribution in [0.5, 0.6) is 0 Å². The standard InChI is InChI=1S/C24H22N6/c1-29-10-12-30(13-11-29)23-8-9-26-22-7-6-19(14-20(22)23)21-16-27-28-24(21)18-4-2-17(15-25)3-5-18/h2-9,14,16H,10-13H2,1H3,(H,27,28). The zero-order valence-electron chi connectivity index (χ0n) is 16.8. The quantitative estimate of drug-likeness (QED) is 0.570. The second-order valence-corrected chi connectivity index (χ2v) is 7.70. The third kappa shape index (κ3) is 3.30. The second-order valence-electron chi connectivity index (χ2n) is 7.70. The van der Waals surface area contributed by atoms with E-state index in [9.17, 15) is 0 Å². The highest BCUT2D eigenvalue weighted by Gasteiger charge is 2.18. The topological polar surface area (TPSA) is 71.8 Å². The number of nitriles is 1. The zero-order chi connectivity index (χ0) is 20.5. The fourth-order valence-corrected chi connectivity index (χ4v) is 4.06. The van der Waals surface area contributed by atoms with Gasteiger partial charge in [-0.2, -0.15) is 10.4 Å². The number of H-pyrrole nitrogens is 1. The predicted octanol–water partition coefficient (Wildman–Crippen LogP) is 3.92. The zero-order valence-corrected chi connectivity index (χ0v) is 16.8. The van der Waals surface area contributed by atoms with Crippen molar-refractivity contribution < 1.29 is 0 Å². The smallest absolute Gasteiger partial charge is 0.0991 e. The molecule has 3 heterocycles. The maximum atomic E-state index is 9.06. The van der Waals surface area contributed by atoms with Gasteiger partial charge < -0.3 is 9.80 Å². The van der Waals surface area contributed by atoms with Crippen LogP contribution in [0, 0.1) is 11.3 Å². The third-order valence-electron chi connectivity index (χ3n) is 5.82. The largest absolute Gasteiger partial charge is 0.368 e. The van der Waals surface area contributed by atoms with Gasteiger partial charge in [-0.1, -0.05) is 18.2 Å². The molecule has 6 heteroatoms. The van der Waals surface area contributed by atoms with Crippen molar-refractivity contribution in [2.75, 3.05) is 38.1 Å². The maximum Gasteiger partial charge on any atom is 0.0991 e. The fourth-order valence-electron chi connectivity index (χ4n) is 4.06. The molecule has 0 saturated carbocycles. The van der Waals surface area contributed by atoms with Crippen LogP contribution in [0.2, 0.25) is 0 Å². The Kier molecular flexibility index (Phi) is 4.66. The first-order valence-electron chi connectivity index (χ1n) is 10.1. The summed E-state index contributed by atoms with van der Waals surface area (Å²) in [5.41, 5.74) is 6.97. The summed E-state index contributed by atoms with van der Waals surface area (Å²) in [5.74, 6) is 0. The van der Waals surface area contributed by atoms with E-state index in [2.05, 4.69) is 62.4 Å². The number of aromatic amines is 1. The van der Waals surface area contributed by atoms with E-state index >= 15 is 0 Å².